The molecule has 8 heteroatoms. The standard InChI is InChI=1S/C17H17ClN4O2S/c1-24-14-5-3-2-4-11(14)6-7-19-15(23)10-25-17-21-13-8-12(18)9-20-16(13)22-17/h2-5,8-9H,6-7,10H2,1H3,(H,19,23)(H,20,21,22). The van der Waals surface area contributed by atoms with E-state index >= 15 is 0 Å². The van der Waals surface area contributed by atoms with E-state index in [4.69, 9.17) is 16.3 Å². The average Bonchev–Trinajstić information content (AvgIpc) is 3.02. The van der Waals surface area contributed by atoms with Gasteiger partial charge in [0.2, 0.25) is 5.91 Å². The molecule has 0 aliphatic carbocycles. The van der Waals surface area contributed by atoms with Gasteiger partial charge in [0, 0.05) is 12.7 Å². The summed E-state index contributed by atoms with van der Waals surface area (Å²) in [4.78, 5) is 23.5. The third-order valence-corrected chi connectivity index (χ3v) is 4.61. The van der Waals surface area contributed by atoms with Crippen LogP contribution in [0.25, 0.3) is 11.2 Å². The van der Waals surface area contributed by atoms with E-state index < -0.39 is 0 Å². The van der Waals surface area contributed by atoms with Crippen LogP contribution in [-0.2, 0) is 11.2 Å². The molecule has 0 aliphatic rings. The molecule has 0 radical (unpaired) electrons. The number of ether oxygens (including phenoxy) is 1. The van der Waals surface area contributed by atoms with Gasteiger partial charge in [-0.1, -0.05) is 41.6 Å². The second kappa shape index (κ2) is 8.22. The number of H-pyrrole nitrogens is 1. The minimum absolute atomic E-state index is 0.0497. The molecule has 0 fully saturated rings. The molecule has 0 aliphatic heterocycles. The Hall–Kier alpha value is -2.25. The Bertz CT molecular complexity index is 884. The zero-order valence-electron chi connectivity index (χ0n) is 13.6. The zero-order chi connectivity index (χ0) is 17.6. The number of rotatable bonds is 7. The van der Waals surface area contributed by atoms with Crippen LogP contribution < -0.4 is 10.1 Å². The molecule has 130 valence electrons. The van der Waals surface area contributed by atoms with Crippen molar-refractivity contribution in [3.63, 3.8) is 0 Å². The maximum atomic E-state index is 12.0. The molecule has 2 heterocycles. The number of carbonyl (C=O) groups excluding carboxylic acids is 1. The third kappa shape index (κ3) is 4.64. The molecule has 0 saturated heterocycles. The molecule has 0 atom stereocenters. The van der Waals surface area contributed by atoms with E-state index in [1.165, 1.54) is 11.8 Å². The van der Waals surface area contributed by atoms with Gasteiger partial charge in [-0.15, -0.1) is 0 Å². The Morgan fingerprint density at radius 1 is 1.40 bits per heavy atom. The molecule has 0 unspecified atom stereocenters. The van der Waals surface area contributed by atoms with Crippen molar-refractivity contribution in [2.45, 2.75) is 11.6 Å². The van der Waals surface area contributed by atoms with E-state index in [2.05, 4.69) is 20.3 Å². The number of pyridine rings is 1. The van der Waals surface area contributed by atoms with Gasteiger partial charge in [-0.3, -0.25) is 4.79 Å². The molecule has 1 aromatic carbocycles. The molecular weight excluding hydrogens is 360 g/mol. The van der Waals surface area contributed by atoms with Crippen LogP contribution in [0.3, 0.4) is 0 Å². The molecule has 2 aromatic heterocycles. The number of benzene rings is 1. The van der Waals surface area contributed by atoms with Gasteiger partial charge in [0.15, 0.2) is 10.8 Å². The lowest BCUT2D eigenvalue weighted by Gasteiger charge is -2.08. The Morgan fingerprint density at radius 2 is 2.24 bits per heavy atom. The maximum absolute atomic E-state index is 12.0. The van der Waals surface area contributed by atoms with Crippen molar-refractivity contribution < 1.29 is 9.53 Å². The number of carbonyl (C=O) groups is 1. The molecular formula is C17H17ClN4O2S. The largest absolute Gasteiger partial charge is 0.496 e. The zero-order valence-corrected chi connectivity index (χ0v) is 15.2. The summed E-state index contributed by atoms with van der Waals surface area (Å²) in [6.07, 6.45) is 2.26. The number of imidazole rings is 1. The van der Waals surface area contributed by atoms with Crippen LogP contribution in [0, 0.1) is 0 Å². The van der Waals surface area contributed by atoms with Crippen LogP contribution in [0.5, 0.6) is 5.75 Å². The first-order chi connectivity index (χ1) is 12.2. The third-order valence-electron chi connectivity index (χ3n) is 3.53. The number of nitrogens with zero attached hydrogens (tertiary/aromatic N) is 2. The van der Waals surface area contributed by atoms with Crippen LogP contribution >= 0.6 is 23.4 Å². The van der Waals surface area contributed by atoms with Crippen LogP contribution in [0.15, 0.2) is 41.7 Å². The van der Waals surface area contributed by atoms with Crippen molar-refractivity contribution in [2.24, 2.45) is 0 Å². The molecule has 0 saturated carbocycles. The number of nitrogens with one attached hydrogen (secondary N) is 2. The van der Waals surface area contributed by atoms with E-state index in [9.17, 15) is 4.79 Å². The number of fused-ring (bicyclic) bond motifs is 1. The number of amides is 1. The summed E-state index contributed by atoms with van der Waals surface area (Å²) in [5.74, 6) is 1.06. The number of aromatic amines is 1. The first-order valence-corrected chi connectivity index (χ1v) is 9.04. The van der Waals surface area contributed by atoms with Crippen LogP contribution in [0.2, 0.25) is 5.02 Å². The highest BCUT2D eigenvalue weighted by molar-refractivity contribution is 7.99. The topological polar surface area (TPSA) is 79.9 Å². The minimum Gasteiger partial charge on any atom is -0.496 e. The van der Waals surface area contributed by atoms with Crippen molar-refractivity contribution in [1.29, 1.82) is 0 Å². The van der Waals surface area contributed by atoms with Gasteiger partial charge >= 0.3 is 0 Å². The fourth-order valence-electron chi connectivity index (χ4n) is 2.35. The Labute approximate surface area is 154 Å². The van der Waals surface area contributed by atoms with Crippen molar-refractivity contribution in [2.75, 3.05) is 19.4 Å². The number of aromatic nitrogens is 3. The van der Waals surface area contributed by atoms with Gasteiger partial charge in [0.1, 0.15) is 5.75 Å². The van der Waals surface area contributed by atoms with E-state index in [-0.39, 0.29) is 11.7 Å². The molecule has 3 aromatic rings. The fourth-order valence-corrected chi connectivity index (χ4v) is 3.21. The van der Waals surface area contributed by atoms with Crippen molar-refractivity contribution in [3.05, 3.63) is 47.1 Å². The molecule has 25 heavy (non-hydrogen) atoms. The first kappa shape index (κ1) is 17.6. The van der Waals surface area contributed by atoms with Gasteiger partial charge in [-0.2, -0.15) is 0 Å². The monoisotopic (exact) mass is 376 g/mol. The highest BCUT2D eigenvalue weighted by Gasteiger charge is 2.08. The molecule has 0 bridgehead atoms. The summed E-state index contributed by atoms with van der Waals surface area (Å²) in [6, 6.07) is 9.54. The van der Waals surface area contributed by atoms with Gasteiger partial charge in [0.05, 0.1) is 23.4 Å². The maximum Gasteiger partial charge on any atom is 0.230 e. The van der Waals surface area contributed by atoms with Gasteiger partial charge < -0.3 is 15.0 Å². The van der Waals surface area contributed by atoms with Gasteiger partial charge in [-0.25, -0.2) is 9.97 Å². The van der Waals surface area contributed by atoms with Crippen molar-refractivity contribution >= 4 is 40.4 Å². The average molecular weight is 377 g/mol. The summed E-state index contributed by atoms with van der Waals surface area (Å²) in [7, 11) is 1.64. The van der Waals surface area contributed by atoms with Crippen LogP contribution in [0.4, 0.5) is 0 Å². The SMILES string of the molecule is COc1ccccc1CCNC(=O)CSc1nc2ncc(Cl)cc2[nH]1. The lowest BCUT2D eigenvalue weighted by Crippen LogP contribution is -2.27. The Kier molecular flexibility index (Phi) is 5.78. The Balaban J connectivity index is 1.47. The molecule has 1 amide bonds. The second-order valence-corrected chi connectivity index (χ2v) is 6.67. The Morgan fingerprint density at radius 3 is 3.08 bits per heavy atom. The lowest BCUT2D eigenvalue weighted by molar-refractivity contribution is -0.118. The number of methoxy groups -OCH3 is 1. The summed E-state index contributed by atoms with van der Waals surface area (Å²) in [6.45, 7) is 0.553. The van der Waals surface area contributed by atoms with Gasteiger partial charge in [0.25, 0.3) is 0 Å². The quantitative estimate of drug-likeness (QED) is 0.619. The summed E-state index contributed by atoms with van der Waals surface area (Å²) in [5, 5.41) is 4.09. The fraction of sp³-hybridized carbons (Fsp3) is 0.235. The smallest absolute Gasteiger partial charge is 0.230 e. The highest BCUT2D eigenvalue weighted by atomic mass is 35.5. The normalized spacial score (nSPS) is 10.8. The van der Waals surface area contributed by atoms with E-state index in [0.717, 1.165) is 16.8 Å². The molecule has 6 nitrogen and oxygen atoms in total. The predicted molar refractivity (Wildman–Crippen MR) is 99.3 cm³/mol. The predicted octanol–water partition coefficient (Wildman–Crippen LogP) is 3.07. The summed E-state index contributed by atoms with van der Waals surface area (Å²) >= 11 is 7.22. The molecule has 2 N–H and O–H groups in total. The van der Waals surface area contributed by atoms with E-state index in [1.807, 2.05) is 24.3 Å². The van der Waals surface area contributed by atoms with Crippen LogP contribution in [0.1, 0.15) is 5.56 Å². The van der Waals surface area contributed by atoms with Crippen molar-refractivity contribution in [3.8, 4) is 5.75 Å². The van der Waals surface area contributed by atoms with Gasteiger partial charge in [-0.05, 0) is 24.1 Å². The highest BCUT2D eigenvalue weighted by Crippen LogP contribution is 2.20. The van der Waals surface area contributed by atoms with E-state index in [0.29, 0.717) is 28.8 Å². The van der Waals surface area contributed by atoms with Crippen LogP contribution in [-0.4, -0.2) is 40.3 Å². The van der Waals surface area contributed by atoms with E-state index in [1.54, 1.807) is 19.4 Å². The second-order valence-electron chi connectivity index (χ2n) is 5.27. The number of hydrogen-bond donors (Lipinski definition) is 2. The summed E-state index contributed by atoms with van der Waals surface area (Å²) < 4.78 is 5.30. The number of thioether (sulfide) groups is 1. The molecule has 3 rings (SSSR count). The number of hydrogen-bond acceptors (Lipinski definition) is 5. The summed E-state index contributed by atoms with van der Waals surface area (Å²) in [5.41, 5.74) is 2.41. The van der Waals surface area contributed by atoms with Crippen molar-refractivity contribution in [1.82, 2.24) is 20.3 Å². The lowest BCUT2D eigenvalue weighted by atomic mass is 10.1. The number of halogens is 1. The first-order valence-electron chi connectivity index (χ1n) is 7.68. The minimum atomic E-state index is -0.0497. The number of para-hydroxylation sites is 1. The molecule has 0 spiro atoms.